The van der Waals surface area contributed by atoms with Crippen LogP contribution in [-0.2, 0) is 9.59 Å². The smallest absolute Gasteiger partial charge is 0.239 e. The summed E-state index contributed by atoms with van der Waals surface area (Å²) < 4.78 is 0. The number of Topliss-reactive ketones (excluding diaryl/α,β-unsaturated/α-hetero) is 1. The first-order valence-electron chi connectivity index (χ1n) is 6.58. The van der Waals surface area contributed by atoms with Crippen LogP contribution in [-0.4, -0.2) is 53.2 Å². The van der Waals surface area contributed by atoms with Crippen LogP contribution in [0.5, 0.6) is 0 Å². The lowest BCUT2D eigenvalue weighted by Crippen LogP contribution is -2.53. The molecule has 3 unspecified atom stereocenters. The number of hydrogen-bond acceptors (Lipinski definition) is 3. The fourth-order valence-corrected chi connectivity index (χ4v) is 3.24. The summed E-state index contributed by atoms with van der Waals surface area (Å²) in [6.07, 6.45) is 3.43. The quantitative estimate of drug-likeness (QED) is 0.738. The van der Waals surface area contributed by atoms with Crippen LogP contribution in [0.1, 0.15) is 39.5 Å². The largest absolute Gasteiger partial charge is 0.345 e. The van der Waals surface area contributed by atoms with Crippen LogP contribution < -0.4 is 0 Å². The maximum Gasteiger partial charge on any atom is 0.239 e. The molecule has 4 nitrogen and oxygen atoms in total. The summed E-state index contributed by atoms with van der Waals surface area (Å²) in [6, 6.07) is 0.543. The molecule has 2 rings (SSSR count). The number of likely N-dealkylation sites (N-methyl/N-ethyl adjacent to an activating group) is 1. The van der Waals surface area contributed by atoms with Crippen molar-refractivity contribution in [2.45, 2.75) is 57.7 Å². The van der Waals surface area contributed by atoms with Gasteiger partial charge in [-0.1, -0.05) is 0 Å². The molecule has 0 radical (unpaired) electrons. The van der Waals surface area contributed by atoms with Crippen molar-refractivity contribution < 1.29 is 9.59 Å². The van der Waals surface area contributed by atoms with Crippen LogP contribution in [0.4, 0.5) is 0 Å². The van der Waals surface area contributed by atoms with Crippen LogP contribution in [0.2, 0.25) is 0 Å². The summed E-state index contributed by atoms with van der Waals surface area (Å²) in [5, 5.41) is 0. The summed E-state index contributed by atoms with van der Waals surface area (Å²) in [5.41, 5.74) is 0. The van der Waals surface area contributed by atoms with Gasteiger partial charge in [-0.2, -0.15) is 0 Å². The number of piperidine rings is 1. The van der Waals surface area contributed by atoms with Crippen molar-refractivity contribution >= 4 is 11.7 Å². The lowest BCUT2D eigenvalue weighted by Gasteiger charge is -2.39. The molecule has 0 aliphatic carbocycles. The standard InChI is InChI=1S/C13H22N2O2/c1-4-14(3)13(17)9(2)15-10-5-6-11(15)8-12(16)7-10/h9-11H,4-8H2,1-3H3. The second kappa shape index (κ2) is 4.77. The molecule has 2 saturated heterocycles. The van der Waals surface area contributed by atoms with Crippen molar-refractivity contribution in [3.05, 3.63) is 0 Å². The summed E-state index contributed by atoms with van der Waals surface area (Å²) >= 11 is 0. The van der Waals surface area contributed by atoms with E-state index in [1.54, 1.807) is 4.90 Å². The average molecular weight is 238 g/mol. The molecule has 0 aromatic heterocycles. The van der Waals surface area contributed by atoms with Gasteiger partial charge in [0.1, 0.15) is 5.78 Å². The van der Waals surface area contributed by atoms with E-state index in [2.05, 4.69) is 4.90 Å². The van der Waals surface area contributed by atoms with Crippen molar-refractivity contribution in [2.24, 2.45) is 0 Å². The van der Waals surface area contributed by atoms with E-state index < -0.39 is 0 Å². The van der Waals surface area contributed by atoms with Crippen molar-refractivity contribution in [2.75, 3.05) is 13.6 Å². The molecule has 2 heterocycles. The van der Waals surface area contributed by atoms with E-state index in [4.69, 9.17) is 0 Å². The SMILES string of the molecule is CCN(C)C(=O)C(C)N1C2CCC1CC(=O)C2. The fourth-order valence-electron chi connectivity index (χ4n) is 3.24. The predicted octanol–water partition coefficient (Wildman–Crippen LogP) is 1.05. The molecular formula is C13H22N2O2. The van der Waals surface area contributed by atoms with Crippen molar-refractivity contribution in [1.82, 2.24) is 9.80 Å². The Morgan fingerprint density at radius 2 is 1.94 bits per heavy atom. The Morgan fingerprint density at radius 1 is 1.41 bits per heavy atom. The Balaban J connectivity index is 2.08. The summed E-state index contributed by atoms with van der Waals surface area (Å²) in [4.78, 5) is 27.8. The summed E-state index contributed by atoms with van der Waals surface area (Å²) in [7, 11) is 1.84. The molecule has 4 heteroatoms. The highest BCUT2D eigenvalue weighted by Crippen LogP contribution is 2.35. The number of fused-ring (bicyclic) bond motifs is 2. The number of carbonyl (C=O) groups is 2. The maximum atomic E-state index is 12.2. The van der Waals surface area contributed by atoms with Gasteiger partial charge in [0.25, 0.3) is 0 Å². The normalized spacial score (nSPS) is 30.4. The van der Waals surface area contributed by atoms with E-state index in [-0.39, 0.29) is 11.9 Å². The summed E-state index contributed by atoms with van der Waals surface area (Å²) in [5.74, 6) is 0.552. The molecule has 2 bridgehead atoms. The summed E-state index contributed by atoms with van der Waals surface area (Å²) in [6.45, 7) is 4.71. The van der Waals surface area contributed by atoms with Gasteiger partial charge in [0, 0.05) is 38.5 Å². The third-order valence-corrected chi connectivity index (χ3v) is 4.26. The third kappa shape index (κ3) is 2.23. The molecule has 0 aromatic carbocycles. The van der Waals surface area contributed by atoms with Gasteiger partial charge < -0.3 is 4.90 Å². The van der Waals surface area contributed by atoms with Crippen LogP contribution in [0.25, 0.3) is 0 Å². The van der Waals surface area contributed by atoms with Gasteiger partial charge in [0.05, 0.1) is 6.04 Å². The lowest BCUT2D eigenvalue weighted by molar-refractivity contribution is -0.139. The van der Waals surface area contributed by atoms with Crippen LogP contribution in [0.3, 0.4) is 0 Å². The van der Waals surface area contributed by atoms with E-state index in [9.17, 15) is 9.59 Å². The van der Waals surface area contributed by atoms with Crippen molar-refractivity contribution in [1.29, 1.82) is 0 Å². The van der Waals surface area contributed by atoms with Crippen LogP contribution in [0, 0.1) is 0 Å². The van der Waals surface area contributed by atoms with Gasteiger partial charge >= 0.3 is 0 Å². The molecule has 1 amide bonds. The Kier molecular flexibility index (Phi) is 3.52. The van der Waals surface area contributed by atoms with Gasteiger partial charge in [-0.05, 0) is 26.7 Å². The molecule has 96 valence electrons. The van der Waals surface area contributed by atoms with Gasteiger partial charge in [-0.15, -0.1) is 0 Å². The maximum absolute atomic E-state index is 12.2. The van der Waals surface area contributed by atoms with E-state index >= 15 is 0 Å². The Labute approximate surface area is 103 Å². The number of hydrogen-bond donors (Lipinski definition) is 0. The molecule has 0 saturated carbocycles. The second-order valence-corrected chi connectivity index (χ2v) is 5.31. The zero-order valence-electron chi connectivity index (χ0n) is 11.0. The highest BCUT2D eigenvalue weighted by Gasteiger charge is 2.44. The number of ketones is 1. The zero-order chi connectivity index (χ0) is 12.6. The highest BCUT2D eigenvalue weighted by atomic mass is 16.2. The first kappa shape index (κ1) is 12.6. The van der Waals surface area contributed by atoms with E-state index in [1.807, 2.05) is 20.9 Å². The number of rotatable bonds is 3. The molecule has 17 heavy (non-hydrogen) atoms. The predicted molar refractivity (Wildman–Crippen MR) is 65.7 cm³/mol. The Hall–Kier alpha value is -0.900. The lowest BCUT2D eigenvalue weighted by atomic mass is 9.99. The van der Waals surface area contributed by atoms with Crippen LogP contribution >= 0.6 is 0 Å². The minimum Gasteiger partial charge on any atom is -0.345 e. The highest BCUT2D eigenvalue weighted by molar-refractivity contribution is 5.84. The van der Waals surface area contributed by atoms with E-state index in [1.165, 1.54) is 0 Å². The third-order valence-electron chi connectivity index (χ3n) is 4.26. The first-order valence-corrected chi connectivity index (χ1v) is 6.58. The number of carbonyl (C=O) groups excluding carboxylic acids is 2. The van der Waals surface area contributed by atoms with Gasteiger partial charge in [-0.3, -0.25) is 14.5 Å². The van der Waals surface area contributed by atoms with Gasteiger partial charge in [-0.25, -0.2) is 0 Å². The van der Waals surface area contributed by atoms with E-state index in [0.29, 0.717) is 30.7 Å². The molecule has 3 atom stereocenters. The molecule has 0 aromatic rings. The zero-order valence-corrected chi connectivity index (χ0v) is 11.0. The molecule has 2 aliphatic rings. The Morgan fingerprint density at radius 3 is 2.41 bits per heavy atom. The number of nitrogens with zero attached hydrogens (tertiary/aromatic N) is 2. The van der Waals surface area contributed by atoms with Crippen LogP contribution in [0.15, 0.2) is 0 Å². The molecule has 2 aliphatic heterocycles. The fraction of sp³-hybridized carbons (Fsp3) is 0.846. The monoisotopic (exact) mass is 238 g/mol. The first-order chi connectivity index (χ1) is 8.04. The molecular weight excluding hydrogens is 216 g/mol. The van der Waals surface area contributed by atoms with Gasteiger partial charge in [0.2, 0.25) is 5.91 Å². The average Bonchev–Trinajstić information content (AvgIpc) is 2.58. The van der Waals surface area contributed by atoms with Crippen molar-refractivity contribution in [3.8, 4) is 0 Å². The Bertz CT molecular complexity index is 313. The van der Waals surface area contributed by atoms with Gasteiger partial charge in [0.15, 0.2) is 0 Å². The number of amides is 1. The topological polar surface area (TPSA) is 40.6 Å². The molecule has 0 N–H and O–H groups in total. The molecule has 2 fully saturated rings. The minimum absolute atomic E-state index is 0.0782. The molecule has 0 spiro atoms. The second-order valence-electron chi connectivity index (χ2n) is 5.31. The van der Waals surface area contributed by atoms with E-state index in [0.717, 1.165) is 19.4 Å². The minimum atomic E-state index is -0.0782. The van der Waals surface area contributed by atoms with Crippen molar-refractivity contribution in [3.63, 3.8) is 0 Å².